The molecule has 0 bridgehead atoms. The average Bonchev–Trinajstić information content (AvgIpc) is 1.77. The second kappa shape index (κ2) is 1.78. The number of hydrogen-bond acceptors (Lipinski definition) is 2. The Kier molecular flexibility index (Phi) is 1.12. The molecule has 1 aromatic rings. The van der Waals surface area contributed by atoms with Crippen LogP contribution >= 0.6 is 0 Å². The minimum Gasteiger partial charge on any atom is -0.288 e. The van der Waals surface area contributed by atoms with E-state index in [2.05, 4.69) is 10.2 Å². The SMILES string of the molecule is Cc1c[nH]ncc1=O. The Morgan fingerprint density at radius 2 is 2.50 bits per heavy atom. The molecule has 1 aromatic heterocycles. The van der Waals surface area contributed by atoms with E-state index >= 15 is 0 Å². The second-order valence-electron chi connectivity index (χ2n) is 1.58. The largest absolute Gasteiger partial charge is 0.288 e. The van der Waals surface area contributed by atoms with Crippen molar-refractivity contribution < 1.29 is 0 Å². The number of rotatable bonds is 0. The highest BCUT2D eigenvalue weighted by Gasteiger charge is 1.85. The lowest BCUT2D eigenvalue weighted by Gasteiger charge is -1.83. The highest BCUT2D eigenvalue weighted by atomic mass is 16.1. The first kappa shape index (κ1) is 5.03. The maximum atomic E-state index is 10.5. The monoisotopic (exact) mass is 110 g/mol. The Balaban J connectivity index is 3.35. The van der Waals surface area contributed by atoms with Gasteiger partial charge in [0.15, 0.2) is 0 Å². The molecule has 8 heavy (non-hydrogen) atoms. The molecule has 3 heteroatoms. The molecule has 0 aliphatic carbocycles. The summed E-state index contributed by atoms with van der Waals surface area (Å²) in [5, 5.41) is 6.06. The van der Waals surface area contributed by atoms with Crippen LogP contribution in [0.2, 0.25) is 0 Å². The van der Waals surface area contributed by atoms with Gasteiger partial charge in [-0.15, -0.1) is 0 Å². The van der Waals surface area contributed by atoms with Crippen LogP contribution in [0, 0.1) is 6.92 Å². The molecular weight excluding hydrogens is 104 g/mol. The molecule has 0 unspecified atom stereocenters. The fourth-order valence-electron chi connectivity index (χ4n) is 0.403. The Hall–Kier alpha value is -1.12. The summed E-state index contributed by atoms with van der Waals surface area (Å²) in [4.78, 5) is 10.5. The summed E-state index contributed by atoms with van der Waals surface area (Å²) in [5.74, 6) is 0. The molecule has 0 aliphatic rings. The molecular formula is C5H6N2O. The fourth-order valence-corrected chi connectivity index (χ4v) is 0.403. The topological polar surface area (TPSA) is 45.8 Å². The number of aryl methyl sites for hydroxylation is 1. The Bertz CT molecular complexity index is 228. The summed E-state index contributed by atoms with van der Waals surface area (Å²) in [5.41, 5.74) is 0.670. The number of nitrogens with one attached hydrogen (secondary N) is 1. The lowest BCUT2D eigenvalue weighted by Crippen LogP contribution is -2.03. The van der Waals surface area contributed by atoms with E-state index in [1.54, 1.807) is 13.1 Å². The van der Waals surface area contributed by atoms with Crippen molar-refractivity contribution in [3.8, 4) is 0 Å². The zero-order valence-electron chi connectivity index (χ0n) is 4.51. The summed E-state index contributed by atoms with van der Waals surface area (Å²) >= 11 is 0. The Labute approximate surface area is 46.4 Å². The van der Waals surface area contributed by atoms with Crippen molar-refractivity contribution in [1.29, 1.82) is 0 Å². The third-order valence-corrected chi connectivity index (χ3v) is 0.926. The molecule has 1 N–H and O–H groups in total. The van der Waals surface area contributed by atoms with E-state index < -0.39 is 0 Å². The van der Waals surface area contributed by atoms with Gasteiger partial charge in [0.1, 0.15) is 0 Å². The smallest absolute Gasteiger partial charge is 0.203 e. The van der Waals surface area contributed by atoms with Gasteiger partial charge in [0.2, 0.25) is 5.43 Å². The zero-order valence-corrected chi connectivity index (χ0v) is 4.51. The Morgan fingerprint density at radius 1 is 1.75 bits per heavy atom. The van der Waals surface area contributed by atoms with E-state index in [1.165, 1.54) is 6.20 Å². The van der Waals surface area contributed by atoms with Gasteiger partial charge in [0.05, 0.1) is 6.20 Å². The van der Waals surface area contributed by atoms with Gasteiger partial charge in [0, 0.05) is 11.8 Å². The van der Waals surface area contributed by atoms with Crippen molar-refractivity contribution in [1.82, 2.24) is 10.2 Å². The van der Waals surface area contributed by atoms with E-state index in [0.717, 1.165) is 0 Å². The number of hydrogen-bond donors (Lipinski definition) is 1. The molecule has 0 atom stereocenters. The number of aromatic nitrogens is 2. The normalized spacial score (nSPS) is 9.12. The van der Waals surface area contributed by atoms with Gasteiger partial charge < -0.3 is 0 Å². The van der Waals surface area contributed by atoms with Crippen molar-refractivity contribution >= 4 is 0 Å². The minimum atomic E-state index is -0.0243. The lowest BCUT2D eigenvalue weighted by molar-refractivity contribution is 0.998. The van der Waals surface area contributed by atoms with Gasteiger partial charge in [-0.3, -0.25) is 9.89 Å². The van der Waals surface area contributed by atoms with Crippen LogP contribution < -0.4 is 5.43 Å². The summed E-state index contributed by atoms with van der Waals surface area (Å²) < 4.78 is 0. The first-order chi connectivity index (χ1) is 3.80. The van der Waals surface area contributed by atoms with Crippen LogP contribution in [-0.4, -0.2) is 10.2 Å². The van der Waals surface area contributed by atoms with Gasteiger partial charge in [-0.1, -0.05) is 0 Å². The van der Waals surface area contributed by atoms with E-state index in [1.807, 2.05) is 0 Å². The highest BCUT2D eigenvalue weighted by Crippen LogP contribution is 1.76. The molecule has 0 aliphatic heterocycles. The van der Waals surface area contributed by atoms with Crippen molar-refractivity contribution in [2.24, 2.45) is 0 Å². The van der Waals surface area contributed by atoms with Crippen LogP contribution in [0.1, 0.15) is 5.56 Å². The molecule has 0 spiro atoms. The maximum absolute atomic E-state index is 10.5. The van der Waals surface area contributed by atoms with Crippen molar-refractivity contribution in [3.63, 3.8) is 0 Å². The molecule has 0 fully saturated rings. The van der Waals surface area contributed by atoms with Crippen molar-refractivity contribution in [3.05, 3.63) is 28.2 Å². The first-order valence-corrected chi connectivity index (χ1v) is 2.30. The number of aromatic amines is 1. The molecule has 0 saturated heterocycles. The van der Waals surface area contributed by atoms with Crippen LogP contribution in [0.5, 0.6) is 0 Å². The van der Waals surface area contributed by atoms with Crippen LogP contribution in [0.3, 0.4) is 0 Å². The third kappa shape index (κ3) is 0.753. The standard InChI is InChI=1S/C5H6N2O/c1-4-2-6-7-3-5(4)8/h2-3H,1H3,(H,6,8). The Morgan fingerprint density at radius 3 is 2.88 bits per heavy atom. The van der Waals surface area contributed by atoms with E-state index in [9.17, 15) is 4.79 Å². The highest BCUT2D eigenvalue weighted by molar-refractivity contribution is 5.01. The zero-order chi connectivity index (χ0) is 5.98. The molecule has 42 valence electrons. The van der Waals surface area contributed by atoms with Gasteiger partial charge >= 0.3 is 0 Å². The van der Waals surface area contributed by atoms with Crippen LogP contribution in [-0.2, 0) is 0 Å². The molecule has 1 rings (SSSR count). The predicted molar refractivity (Wildman–Crippen MR) is 29.6 cm³/mol. The maximum Gasteiger partial charge on any atom is 0.203 e. The predicted octanol–water partition coefficient (Wildman–Crippen LogP) is 0.0783. The molecule has 0 saturated carbocycles. The van der Waals surface area contributed by atoms with Gasteiger partial charge in [0.25, 0.3) is 0 Å². The lowest BCUT2D eigenvalue weighted by atomic mass is 10.3. The summed E-state index contributed by atoms with van der Waals surface area (Å²) in [6, 6.07) is 0. The molecule has 0 radical (unpaired) electrons. The quantitative estimate of drug-likeness (QED) is 0.514. The third-order valence-electron chi connectivity index (χ3n) is 0.926. The first-order valence-electron chi connectivity index (χ1n) is 2.30. The van der Waals surface area contributed by atoms with Crippen molar-refractivity contribution in [2.75, 3.05) is 0 Å². The number of nitrogens with zero attached hydrogens (tertiary/aromatic N) is 1. The van der Waals surface area contributed by atoms with Crippen LogP contribution in [0.15, 0.2) is 17.2 Å². The van der Waals surface area contributed by atoms with Gasteiger partial charge in [-0.2, -0.15) is 5.10 Å². The van der Waals surface area contributed by atoms with Crippen LogP contribution in [0.25, 0.3) is 0 Å². The fraction of sp³-hybridized carbons (Fsp3) is 0.200. The van der Waals surface area contributed by atoms with Crippen molar-refractivity contribution in [2.45, 2.75) is 6.92 Å². The van der Waals surface area contributed by atoms with E-state index in [-0.39, 0.29) is 5.43 Å². The van der Waals surface area contributed by atoms with Gasteiger partial charge in [-0.05, 0) is 6.92 Å². The summed E-state index contributed by atoms with van der Waals surface area (Å²) in [6.07, 6.45) is 2.83. The molecule has 0 aromatic carbocycles. The summed E-state index contributed by atoms with van der Waals surface area (Å²) in [6.45, 7) is 1.74. The minimum absolute atomic E-state index is 0.0243. The van der Waals surface area contributed by atoms with Gasteiger partial charge in [-0.25, -0.2) is 0 Å². The molecule has 1 heterocycles. The molecule has 0 amide bonds. The van der Waals surface area contributed by atoms with E-state index in [4.69, 9.17) is 0 Å². The van der Waals surface area contributed by atoms with E-state index in [0.29, 0.717) is 5.56 Å². The number of H-pyrrole nitrogens is 1. The second-order valence-corrected chi connectivity index (χ2v) is 1.58. The molecule has 3 nitrogen and oxygen atoms in total. The average molecular weight is 110 g/mol. The van der Waals surface area contributed by atoms with Crippen LogP contribution in [0.4, 0.5) is 0 Å². The summed E-state index contributed by atoms with van der Waals surface area (Å²) in [7, 11) is 0.